The molecule has 0 aromatic heterocycles. The zero-order chi connectivity index (χ0) is 12.8. The van der Waals surface area contributed by atoms with E-state index in [4.69, 9.17) is 4.74 Å². The lowest BCUT2D eigenvalue weighted by atomic mass is 10.2. The fraction of sp³-hybridized carbons (Fsp3) is 0.750. The van der Waals surface area contributed by atoms with Gasteiger partial charge in [0.2, 0.25) is 0 Å². The molecule has 0 saturated heterocycles. The number of likely N-dealkylation sites (N-methyl/N-ethyl adjacent to an activating group) is 1. The van der Waals surface area contributed by atoms with E-state index in [2.05, 4.69) is 18.3 Å². The minimum absolute atomic E-state index is 0.378. The van der Waals surface area contributed by atoms with Crippen molar-refractivity contribution in [3.05, 3.63) is 11.8 Å². The van der Waals surface area contributed by atoms with Gasteiger partial charge < -0.3 is 15.0 Å². The average molecular weight is 228 g/mol. The molecule has 94 valence electrons. The largest absolute Gasteiger partial charge is 0.444 e. The number of allylic oxidation sites excluding steroid dienone is 1. The minimum atomic E-state index is -0.448. The summed E-state index contributed by atoms with van der Waals surface area (Å²) in [5.41, 5.74) is 0.630. The van der Waals surface area contributed by atoms with Crippen LogP contribution >= 0.6 is 0 Å². The molecule has 0 aromatic carbocycles. The van der Waals surface area contributed by atoms with Crippen molar-refractivity contribution < 1.29 is 9.53 Å². The predicted octanol–water partition coefficient (Wildman–Crippen LogP) is 2.37. The van der Waals surface area contributed by atoms with Crippen molar-refractivity contribution in [1.82, 2.24) is 10.2 Å². The highest BCUT2D eigenvalue weighted by Gasteiger charge is 2.15. The molecule has 0 rings (SSSR count). The smallest absolute Gasteiger partial charge is 0.407 e. The molecule has 0 aliphatic heterocycles. The first-order valence-electron chi connectivity index (χ1n) is 5.59. The SMILES string of the molecule is CC/C=C(/CNC(=O)OC(C)(C)C)N(C)C. The highest BCUT2D eigenvalue weighted by atomic mass is 16.6. The number of alkyl carbamates (subject to hydrolysis) is 1. The maximum absolute atomic E-state index is 11.4. The maximum atomic E-state index is 11.4. The van der Waals surface area contributed by atoms with Crippen LogP contribution in [0.4, 0.5) is 4.79 Å². The minimum Gasteiger partial charge on any atom is -0.444 e. The van der Waals surface area contributed by atoms with Crippen LogP contribution in [0.1, 0.15) is 34.1 Å². The van der Waals surface area contributed by atoms with Crippen LogP contribution in [0.25, 0.3) is 0 Å². The summed E-state index contributed by atoms with van der Waals surface area (Å²) in [6, 6.07) is 0. The number of rotatable bonds is 4. The van der Waals surface area contributed by atoms with Gasteiger partial charge in [0.05, 0.1) is 6.54 Å². The van der Waals surface area contributed by atoms with E-state index in [0.717, 1.165) is 12.1 Å². The van der Waals surface area contributed by atoms with Crippen molar-refractivity contribution >= 4 is 6.09 Å². The number of ether oxygens (including phenoxy) is 1. The van der Waals surface area contributed by atoms with Gasteiger partial charge in [-0.15, -0.1) is 0 Å². The van der Waals surface area contributed by atoms with E-state index in [1.165, 1.54) is 0 Å². The van der Waals surface area contributed by atoms with Crippen LogP contribution in [-0.4, -0.2) is 37.2 Å². The highest BCUT2D eigenvalue weighted by molar-refractivity contribution is 5.67. The summed E-state index contributed by atoms with van der Waals surface area (Å²) in [7, 11) is 3.91. The van der Waals surface area contributed by atoms with Gasteiger partial charge in [-0.25, -0.2) is 4.79 Å². The van der Waals surface area contributed by atoms with Crippen LogP contribution in [0, 0.1) is 0 Å². The molecule has 0 aromatic rings. The van der Waals surface area contributed by atoms with E-state index in [0.29, 0.717) is 6.54 Å². The number of carbonyl (C=O) groups excluding carboxylic acids is 1. The first-order chi connectivity index (χ1) is 7.26. The lowest BCUT2D eigenvalue weighted by molar-refractivity contribution is 0.0530. The van der Waals surface area contributed by atoms with E-state index in [-0.39, 0.29) is 6.09 Å². The van der Waals surface area contributed by atoms with Crippen LogP contribution in [-0.2, 0) is 4.74 Å². The second-order valence-electron chi connectivity index (χ2n) is 4.85. The van der Waals surface area contributed by atoms with Gasteiger partial charge in [-0.1, -0.05) is 13.0 Å². The molecule has 16 heavy (non-hydrogen) atoms. The summed E-state index contributed by atoms with van der Waals surface area (Å²) >= 11 is 0. The second kappa shape index (κ2) is 6.40. The Balaban J connectivity index is 4.13. The fourth-order valence-corrected chi connectivity index (χ4v) is 1.13. The first kappa shape index (κ1) is 14.8. The van der Waals surface area contributed by atoms with Crippen LogP contribution in [0.3, 0.4) is 0 Å². The van der Waals surface area contributed by atoms with E-state index < -0.39 is 5.60 Å². The second-order valence-corrected chi connectivity index (χ2v) is 4.85. The Morgan fingerprint density at radius 3 is 2.31 bits per heavy atom. The third-order valence-corrected chi connectivity index (χ3v) is 1.83. The first-order valence-corrected chi connectivity index (χ1v) is 5.59. The van der Waals surface area contributed by atoms with Crippen molar-refractivity contribution in [1.29, 1.82) is 0 Å². The molecule has 4 heteroatoms. The number of hydrogen-bond acceptors (Lipinski definition) is 3. The van der Waals surface area contributed by atoms with Gasteiger partial charge in [0, 0.05) is 19.8 Å². The molecule has 1 amide bonds. The molecule has 0 aliphatic carbocycles. The Morgan fingerprint density at radius 2 is 1.94 bits per heavy atom. The molecule has 0 unspecified atom stereocenters. The quantitative estimate of drug-likeness (QED) is 0.803. The van der Waals surface area contributed by atoms with Crippen LogP contribution in [0.2, 0.25) is 0 Å². The molecule has 0 fully saturated rings. The summed E-state index contributed by atoms with van der Waals surface area (Å²) in [5.74, 6) is 0. The van der Waals surface area contributed by atoms with Gasteiger partial charge >= 0.3 is 6.09 Å². The standard InChI is InChI=1S/C12H24N2O2/c1-7-8-10(14(5)6)9-13-11(15)16-12(2,3)4/h8H,7,9H2,1-6H3,(H,13,15)/b10-8-. The fourth-order valence-electron chi connectivity index (χ4n) is 1.13. The van der Waals surface area contributed by atoms with Crippen molar-refractivity contribution in [3.8, 4) is 0 Å². The molecule has 0 aliphatic rings. The van der Waals surface area contributed by atoms with Gasteiger partial charge in [0.15, 0.2) is 0 Å². The highest BCUT2D eigenvalue weighted by Crippen LogP contribution is 2.07. The third kappa shape index (κ3) is 7.15. The van der Waals surface area contributed by atoms with Crippen LogP contribution in [0.15, 0.2) is 11.8 Å². The van der Waals surface area contributed by atoms with Crippen molar-refractivity contribution in [2.24, 2.45) is 0 Å². The van der Waals surface area contributed by atoms with Gasteiger partial charge in [-0.3, -0.25) is 0 Å². The van der Waals surface area contributed by atoms with Crippen LogP contribution in [0.5, 0.6) is 0 Å². The lowest BCUT2D eigenvalue weighted by Crippen LogP contribution is -2.35. The molecular formula is C12H24N2O2. The Morgan fingerprint density at radius 1 is 1.38 bits per heavy atom. The van der Waals surface area contributed by atoms with E-state index in [1.807, 2.05) is 39.8 Å². The number of carbonyl (C=O) groups is 1. The summed E-state index contributed by atoms with van der Waals surface area (Å²) in [4.78, 5) is 13.4. The average Bonchev–Trinajstić information content (AvgIpc) is 2.08. The molecular weight excluding hydrogens is 204 g/mol. The summed E-state index contributed by atoms with van der Waals surface area (Å²) in [6.45, 7) is 8.11. The van der Waals surface area contributed by atoms with E-state index >= 15 is 0 Å². The number of amides is 1. The molecule has 0 saturated carbocycles. The Bertz CT molecular complexity index is 252. The monoisotopic (exact) mass is 228 g/mol. The zero-order valence-electron chi connectivity index (χ0n) is 11.3. The Hall–Kier alpha value is -1.19. The van der Waals surface area contributed by atoms with Gasteiger partial charge in [-0.2, -0.15) is 0 Å². The molecule has 0 bridgehead atoms. The maximum Gasteiger partial charge on any atom is 0.407 e. The molecule has 4 nitrogen and oxygen atoms in total. The third-order valence-electron chi connectivity index (χ3n) is 1.83. The zero-order valence-corrected chi connectivity index (χ0v) is 11.3. The summed E-state index contributed by atoms with van der Waals surface area (Å²) in [5, 5.41) is 2.73. The van der Waals surface area contributed by atoms with Gasteiger partial charge in [0.25, 0.3) is 0 Å². The number of hydrogen-bond donors (Lipinski definition) is 1. The molecule has 0 radical (unpaired) electrons. The normalized spacial score (nSPS) is 12.2. The number of nitrogens with one attached hydrogen (secondary N) is 1. The molecule has 0 spiro atoms. The summed E-state index contributed by atoms with van der Waals surface area (Å²) < 4.78 is 5.15. The summed E-state index contributed by atoms with van der Waals surface area (Å²) in [6.07, 6.45) is 2.65. The van der Waals surface area contributed by atoms with E-state index in [1.54, 1.807) is 0 Å². The predicted molar refractivity (Wildman–Crippen MR) is 66.3 cm³/mol. The van der Waals surface area contributed by atoms with Gasteiger partial charge in [0.1, 0.15) is 5.60 Å². The molecule has 0 heterocycles. The molecule has 1 N–H and O–H groups in total. The van der Waals surface area contributed by atoms with E-state index in [9.17, 15) is 4.79 Å². The van der Waals surface area contributed by atoms with Crippen molar-refractivity contribution in [2.75, 3.05) is 20.6 Å². The van der Waals surface area contributed by atoms with Crippen molar-refractivity contribution in [3.63, 3.8) is 0 Å². The Labute approximate surface area is 98.6 Å². The lowest BCUT2D eigenvalue weighted by Gasteiger charge is -2.22. The van der Waals surface area contributed by atoms with Gasteiger partial charge in [-0.05, 0) is 27.2 Å². The van der Waals surface area contributed by atoms with Crippen molar-refractivity contribution in [2.45, 2.75) is 39.7 Å². The topological polar surface area (TPSA) is 41.6 Å². The Kier molecular flexibility index (Phi) is 5.93. The van der Waals surface area contributed by atoms with Crippen LogP contribution < -0.4 is 5.32 Å². The molecule has 0 atom stereocenters. The number of nitrogens with zero attached hydrogens (tertiary/aromatic N) is 1.